The molecule has 0 radical (unpaired) electrons. The Balaban J connectivity index is 1.96. The van der Waals surface area contributed by atoms with Gasteiger partial charge in [0.2, 0.25) is 0 Å². The highest BCUT2D eigenvalue weighted by atomic mass is 16.1. The first kappa shape index (κ1) is 16.2. The fourth-order valence-corrected chi connectivity index (χ4v) is 3.20. The van der Waals surface area contributed by atoms with Gasteiger partial charge in [0.1, 0.15) is 0 Å². The Morgan fingerprint density at radius 3 is 2.33 bits per heavy atom. The molecule has 3 nitrogen and oxygen atoms in total. The van der Waals surface area contributed by atoms with E-state index in [1.165, 1.54) is 5.56 Å². The molecule has 0 spiro atoms. The highest BCUT2D eigenvalue weighted by molar-refractivity contribution is 5.97. The molecule has 2 unspecified atom stereocenters. The van der Waals surface area contributed by atoms with Crippen molar-refractivity contribution < 1.29 is 4.79 Å². The highest BCUT2D eigenvalue weighted by Crippen LogP contribution is 2.20. The van der Waals surface area contributed by atoms with Crippen LogP contribution in [-0.4, -0.2) is 55.4 Å². The monoisotopic (exact) mass is 288 g/mol. The molecule has 0 bridgehead atoms. The van der Waals surface area contributed by atoms with Crippen LogP contribution in [0.5, 0.6) is 0 Å². The van der Waals surface area contributed by atoms with E-state index >= 15 is 0 Å². The van der Waals surface area contributed by atoms with E-state index in [1.807, 2.05) is 12.1 Å². The number of rotatable bonds is 5. The zero-order valence-electron chi connectivity index (χ0n) is 14.0. The quantitative estimate of drug-likeness (QED) is 0.778. The largest absolute Gasteiger partial charge is 0.305 e. The molecule has 0 N–H and O–H groups in total. The minimum Gasteiger partial charge on any atom is -0.305 e. The van der Waals surface area contributed by atoms with Crippen molar-refractivity contribution in [2.24, 2.45) is 5.92 Å². The van der Waals surface area contributed by atoms with Crippen molar-refractivity contribution in [1.82, 2.24) is 9.80 Å². The van der Waals surface area contributed by atoms with Crippen LogP contribution in [0.3, 0.4) is 0 Å². The smallest absolute Gasteiger partial charge is 0.176 e. The molecule has 3 heteroatoms. The molecular weight excluding hydrogens is 260 g/mol. The summed E-state index contributed by atoms with van der Waals surface area (Å²) in [6, 6.07) is 8.66. The molecule has 1 fully saturated rings. The number of carbonyl (C=O) groups excluding carboxylic acids is 1. The van der Waals surface area contributed by atoms with Crippen LogP contribution in [0, 0.1) is 5.92 Å². The van der Waals surface area contributed by atoms with Gasteiger partial charge in [-0.25, -0.2) is 0 Å². The summed E-state index contributed by atoms with van der Waals surface area (Å²) in [4.78, 5) is 17.0. The number of carbonyl (C=O) groups is 1. The van der Waals surface area contributed by atoms with E-state index in [9.17, 15) is 4.79 Å². The van der Waals surface area contributed by atoms with Crippen molar-refractivity contribution in [2.75, 3.05) is 33.7 Å². The zero-order chi connectivity index (χ0) is 15.6. The Hall–Kier alpha value is -1.19. The fraction of sp³-hybridized carbons (Fsp3) is 0.611. The van der Waals surface area contributed by atoms with Crippen molar-refractivity contribution in [3.8, 4) is 0 Å². The second kappa shape index (κ2) is 6.71. The van der Waals surface area contributed by atoms with E-state index in [0.717, 1.165) is 18.7 Å². The molecule has 1 aliphatic rings. The Labute approximate surface area is 128 Å². The van der Waals surface area contributed by atoms with Crippen molar-refractivity contribution >= 4 is 5.78 Å². The molecule has 0 saturated carbocycles. The van der Waals surface area contributed by atoms with Gasteiger partial charge in [0.15, 0.2) is 5.78 Å². The van der Waals surface area contributed by atoms with E-state index in [0.29, 0.717) is 24.4 Å². The van der Waals surface area contributed by atoms with Crippen molar-refractivity contribution in [3.05, 3.63) is 35.4 Å². The second-order valence-corrected chi connectivity index (χ2v) is 6.90. The van der Waals surface area contributed by atoms with Crippen LogP contribution in [0.2, 0.25) is 0 Å². The summed E-state index contributed by atoms with van der Waals surface area (Å²) < 4.78 is 0. The molecule has 21 heavy (non-hydrogen) atoms. The third-order valence-electron chi connectivity index (χ3n) is 4.58. The maximum Gasteiger partial charge on any atom is 0.176 e. The number of hydrogen-bond acceptors (Lipinski definition) is 3. The van der Waals surface area contributed by atoms with E-state index in [2.05, 4.69) is 56.8 Å². The first-order valence-electron chi connectivity index (χ1n) is 7.90. The molecular formula is C18H28N2O. The van der Waals surface area contributed by atoms with E-state index in [1.54, 1.807) is 0 Å². The normalized spacial score (nSPS) is 23.2. The van der Waals surface area contributed by atoms with Crippen LogP contribution in [0.4, 0.5) is 0 Å². The Kier molecular flexibility index (Phi) is 5.17. The molecule has 2 rings (SSSR count). The van der Waals surface area contributed by atoms with Crippen molar-refractivity contribution in [2.45, 2.75) is 32.7 Å². The summed E-state index contributed by atoms with van der Waals surface area (Å²) in [6.07, 6.45) is 0. The number of hydrogen-bond donors (Lipinski definition) is 0. The number of ketones is 1. The maximum absolute atomic E-state index is 12.4. The summed E-state index contributed by atoms with van der Waals surface area (Å²) >= 11 is 0. The third-order valence-corrected chi connectivity index (χ3v) is 4.58. The SMILES string of the molecule is CC(C)c1ccc(C(=O)CN2CC(C)C(N(C)C)C2)cc1. The van der Waals surface area contributed by atoms with Gasteiger partial charge in [0.05, 0.1) is 6.54 Å². The first-order chi connectivity index (χ1) is 9.88. The van der Waals surface area contributed by atoms with E-state index < -0.39 is 0 Å². The summed E-state index contributed by atoms with van der Waals surface area (Å²) in [5.41, 5.74) is 2.12. The average molecular weight is 288 g/mol. The molecule has 0 aliphatic carbocycles. The number of likely N-dealkylation sites (N-methyl/N-ethyl adjacent to an activating group) is 1. The van der Waals surface area contributed by atoms with Gasteiger partial charge in [-0.05, 0) is 31.5 Å². The van der Waals surface area contributed by atoms with Gasteiger partial charge in [-0.1, -0.05) is 45.0 Å². The summed E-state index contributed by atoms with van der Waals surface area (Å²) in [6.45, 7) is 9.15. The topological polar surface area (TPSA) is 23.6 Å². The molecule has 1 aliphatic heterocycles. The van der Waals surface area contributed by atoms with Gasteiger partial charge in [-0.3, -0.25) is 9.69 Å². The van der Waals surface area contributed by atoms with Gasteiger partial charge >= 0.3 is 0 Å². The molecule has 1 heterocycles. The van der Waals surface area contributed by atoms with E-state index in [-0.39, 0.29) is 5.78 Å². The van der Waals surface area contributed by atoms with Gasteiger partial charge in [-0.2, -0.15) is 0 Å². The predicted molar refractivity (Wildman–Crippen MR) is 87.9 cm³/mol. The lowest BCUT2D eigenvalue weighted by Gasteiger charge is -2.22. The molecule has 1 saturated heterocycles. The molecule has 0 amide bonds. The van der Waals surface area contributed by atoms with Crippen LogP contribution in [0.25, 0.3) is 0 Å². The maximum atomic E-state index is 12.4. The minimum absolute atomic E-state index is 0.233. The predicted octanol–water partition coefficient (Wildman–Crippen LogP) is 2.87. The molecule has 2 atom stereocenters. The molecule has 0 aromatic heterocycles. The summed E-state index contributed by atoms with van der Waals surface area (Å²) in [5.74, 6) is 1.36. The molecule has 116 valence electrons. The number of Topliss-reactive ketones (excluding diaryl/α,β-unsaturated/α-hetero) is 1. The molecule has 1 aromatic carbocycles. The lowest BCUT2D eigenvalue weighted by atomic mass is 10.0. The van der Waals surface area contributed by atoms with Crippen molar-refractivity contribution in [1.29, 1.82) is 0 Å². The van der Waals surface area contributed by atoms with Crippen LogP contribution in [0.15, 0.2) is 24.3 Å². The van der Waals surface area contributed by atoms with Crippen molar-refractivity contribution in [3.63, 3.8) is 0 Å². The van der Waals surface area contributed by atoms with Gasteiger partial charge in [0, 0.05) is 24.7 Å². The zero-order valence-corrected chi connectivity index (χ0v) is 14.0. The molecule has 1 aromatic rings. The highest BCUT2D eigenvalue weighted by Gasteiger charge is 2.31. The van der Waals surface area contributed by atoms with Gasteiger partial charge in [-0.15, -0.1) is 0 Å². The fourth-order valence-electron chi connectivity index (χ4n) is 3.20. The number of likely N-dealkylation sites (tertiary alicyclic amines) is 1. The first-order valence-corrected chi connectivity index (χ1v) is 7.90. The average Bonchev–Trinajstić information content (AvgIpc) is 2.79. The second-order valence-electron chi connectivity index (χ2n) is 6.90. The van der Waals surface area contributed by atoms with Gasteiger partial charge < -0.3 is 4.90 Å². The minimum atomic E-state index is 0.233. The number of benzene rings is 1. The Bertz CT molecular complexity index is 478. The Morgan fingerprint density at radius 2 is 1.86 bits per heavy atom. The number of nitrogens with zero attached hydrogens (tertiary/aromatic N) is 2. The lowest BCUT2D eigenvalue weighted by Crippen LogP contribution is -2.35. The Morgan fingerprint density at radius 1 is 1.24 bits per heavy atom. The van der Waals surface area contributed by atoms with Crippen LogP contribution >= 0.6 is 0 Å². The summed E-state index contributed by atoms with van der Waals surface area (Å²) in [5, 5.41) is 0. The van der Waals surface area contributed by atoms with Crippen LogP contribution in [-0.2, 0) is 0 Å². The van der Waals surface area contributed by atoms with E-state index in [4.69, 9.17) is 0 Å². The van der Waals surface area contributed by atoms with Crippen LogP contribution in [0.1, 0.15) is 42.6 Å². The van der Waals surface area contributed by atoms with Crippen LogP contribution < -0.4 is 0 Å². The lowest BCUT2D eigenvalue weighted by molar-refractivity contribution is 0.0941. The summed E-state index contributed by atoms with van der Waals surface area (Å²) in [7, 11) is 4.24. The third kappa shape index (κ3) is 3.92. The standard InChI is InChI=1S/C18H28N2O/c1-13(2)15-6-8-16(9-7-15)18(21)12-20-10-14(3)17(11-20)19(4)5/h6-9,13-14,17H,10-12H2,1-5H3. The van der Waals surface area contributed by atoms with Gasteiger partial charge in [0.25, 0.3) is 0 Å².